The van der Waals surface area contributed by atoms with Gasteiger partial charge in [0.1, 0.15) is 6.10 Å². The summed E-state index contributed by atoms with van der Waals surface area (Å²) in [5.41, 5.74) is 1.09. The molecule has 6 heteroatoms. The highest BCUT2D eigenvalue weighted by Crippen LogP contribution is 2.18. The second-order valence-corrected chi connectivity index (χ2v) is 6.74. The Morgan fingerprint density at radius 3 is 2.96 bits per heavy atom. The summed E-state index contributed by atoms with van der Waals surface area (Å²) >= 11 is 1.62. The molecule has 0 bridgehead atoms. The molecule has 122 valence electrons. The molecule has 1 unspecified atom stereocenters. The van der Waals surface area contributed by atoms with Crippen LogP contribution in [0.3, 0.4) is 0 Å². The molecule has 2 aromatic heterocycles. The number of carbonyl (C=O) groups is 1. The Balaban J connectivity index is 1.55. The molecule has 1 fully saturated rings. The predicted molar refractivity (Wildman–Crippen MR) is 89.7 cm³/mol. The molecule has 3 heterocycles. The minimum Gasteiger partial charge on any atom is -0.458 e. The summed E-state index contributed by atoms with van der Waals surface area (Å²) in [5.74, 6) is 0.169. The van der Waals surface area contributed by atoms with Crippen LogP contribution in [0.5, 0.6) is 6.01 Å². The molecule has 1 saturated heterocycles. The summed E-state index contributed by atoms with van der Waals surface area (Å²) in [4.78, 5) is 23.9. The van der Waals surface area contributed by atoms with E-state index in [1.54, 1.807) is 23.7 Å². The van der Waals surface area contributed by atoms with E-state index in [1.807, 2.05) is 22.4 Å². The largest absolute Gasteiger partial charge is 0.458 e. The Kier molecular flexibility index (Phi) is 5.23. The number of amides is 1. The zero-order chi connectivity index (χ0) is 16.1. The van der Waals surface area contributed by atoms with Crippen molar-refractivity contribution in [1.82, 2.24) is 14.9 Å². The van der Waals surface area contributed by atoms with Gasteiger partial charge < -0.3 is 9.64 Å². The third kappa shape index (κ3) is 4.28. The van der Waals surface area contributed by atoms with Crippen LogP contribution >= 0.6 is 11.3 Å². The molecule has 5 nitrogen and oxygen atoms in total. The average molecular weight is 331 g/mol. The van der Waals surface area contributed by atoms with E-state index in [0.29, 0.717) is 19.0 Å². The fourth-order valence-corrected chi connectivity index (χ4v) is 3.37. The van der Waals surface area contributed by atoms with Crippen LogP contribution in [0.15, 0.2) is 29.9 Å². The number of nitrogens with zero attached hydrogens (tertiary/aromatic N) is 3. The summed E-state index contributed by atoms with van der Waals surface area (Å²) in [6.45, 7) is 3.49. The highest BCUT2D eigenvalue weighted by Gasteiger charge is 2.25. The minimum atomic E-state index is -0.0245. The zero-order valence-corrected chi connectivity index (χ0v) is 14.1. The summed E-state index contributed by atoms with van der Waals surface area (Å²) in [7, 11) is 0. The Labute approximate surface area is 140 Å². The molecule has 0 N–H and O–H groups in total. The minimum absolute atomic E-state index is 0.0245. The SMILES string of the molecule is CCc1cnc(OC2CCCN(C(=O)Cc3cccs3)C2)nc1. The lowest BCUT2D eigenvalue weighted by molar-refractivity contribution is -0.133. The van der Waals surface area contributed by atoms with Crippen molar-refractivity contribution in [1.29, 1.82) is 0 Å². The van der Waals surface area contributed by atoms with Crippen molar-refractivity contribution >= 4 is 17.2 Å². The average Bonchev–Trinajstić information content (AvgIpc) is 3.09. The van der Waals surface area contributed by atoms with Crippen LogP contribution in [0.4, 0.5) is 0 Å². The number of aryl methyl sites for hydroxylation is 1. The van der Waals surface area contributed by atoms with E-state index in [9.17, 15) is 4.79 Å². The van der Waals surface area contributed by atoms with Crippen LogP contribution in [0, 0.1) is 0 Å². The van der Waals surface area contributed by atoms with Gasteiger partial charge in [0, 0.05) is 23.8 Å². The van der Waals surface area contributed by atoms with Gasteiger partial charge in [0.2, 0.25) is 5.91 Å². The van der Waals surface area contributed by atoms with Gasteiger partial charge in [-0.1, -0.05) is 13.0 Å². The van der Waals surface area contributed by atoms with Gasteiger partial charge in [-0.2, -0.15) is 0 Å². The number of carbonyl (C=O) groups excluding carboxylic acids is 1. The maximum atomic E-state index is 12.4. The first-order valence-corrected chi connectivity index (χ1v) is 8.90. The molecular weight excluding hydrogens is 310 g/mol. The highest BCUT2D eigenvalue weighted by molar-refractivity contribution is 7.10. The lowest BCUT2D eigenvalue weighted by Gasteiger charge is -2.32. The van der Waals surface area contributed by atoms with Crippen molar-refractivity contribution in [3.05, 3.63) is 40.3 Å². The van der Waals surface area contributed by atoms with Crippen LogP contribution in [-0.2, 0) is 17.6 Å². The number of piperidine rings is 1. The highest BCUT2D eigenvalue weighted by atomic mass is 32.1. The molecule has 1 atom stereocenters. The summed E-state index contributed by atoms with van der Waals surface area (Å²) < 4.78 is 5.86. The van der Waals surface area contributed by atoms with Crippen molar-refractivity contribution in [2.45, 2.75) is 38.7 Å². The zero-order valence-electron chi connectivity index (χ0n) is 13.3. The molecule has 0 aromatic carbocycles. The first-order chi connectivity index (χ1) is 11.2. The van der Waals surface area contributed by atoms with Crippen molar-refractivity contribution in [2.24, 2.45) is 0 Å². The Morgan fingerprint density at radius 2 is 2.26 bits per heavy atom. The normalized spacial score (nSPS) is 18.0. The summed E-state index contributed by atoms with van der Waals surface area (Å²) in [6, 6.07) is 4.39. The van der Waals surface area contributed by atoms with Crippen molar-refractivity contribution in [2.75, 3.05) is 13.1 Å². The van der Waals surface area contributed by atoms with Crippen LogP contribution in [0.25, 0.3) is 0 Å². The summed E-state index contributed by atoms with van der Waals surface area (Å²) in [6.07, 6.45) is 6.84. The number of rotatable bonds is 5. The molecule has 1 aliphatic heterocycles. The maximum absolute atomic E-state index is 12.4. The first-order valence-electron chi connectivity index (χ1n) is 8.02. The molecule has 0 radical (unpaired) electrons. The molecule has 1 aliphatic rings. The van der Waals surface area contributed by atoms with E-state index in [0.717, 1.165) is 36.2 Å². The van der Waals surface area contributed by atoms with Gasteiger partial charge in [0.15, 0.2) is 0 Å². The number of hydrogen-bond donors (Lipinski definition) is 0. The lowest BCUT2D eigenvalue weighted by atomic mass is 10.1. The molecular formula is C17H21N3O2S. The third-order valence-electron chi connectivity index (χ3n) is 4.00. The number of aromatic nitrogens is 2. The van der Waals surface area contributed by atoms with Crippen LogP contribution in [0.1, 0.15) is 30.2 Å². The molecule has 0 aliphatic carbocycles. The number of ether oxygens (including phenoxy) is 1. The molecule has 0 spiro atoms. The van der Waals surface area contributed by atoms with Crippen molar-refractivity contribution < 1.29 is 9.53 Å². The van der Waals surface area contributed by atoms with Gasteiger partial charge in [0.25, 0.3) is 0 Å². The second kappa shape index (κ2) is 7.55. The lowest BCUT2D eigenvalue weighted by Crippen LogP contribution is -2.45. The predicted octanol–water partition coefficient (Wildman–Crippen LogP) is 2.71. The molecule has 23 heavy (non-hydrogen) atoms. The van der Waals surface area contributed by atoms with Crippen molar-refractivity contribution in [3.8, 4) is 6.01 Å². The first kappa shape index (κ1) is 15.9. The Hall–Kier alpha value is -1.95. The summed E-state index contributed by atoms with van der Waals surface area (Å²) in [5, 5.41) is 2.00. The molecule has 1 amide bonds. The molecule has 0 saturated carbocycles. The third-order valence-corrected chi connectivity index (χ3v) is 4.87. The monoisotopic (exact) mass is 331 g/mol. The van der Waals surface area contributed by atoms with E-state index in [1.165, 1.54) is 0 Å². The second-order valence-electron chi connectivity index (χ2n) is 5.71. The van der Waals surface area contributed by atoms with Gasteiger partial charge in [-0.05, 0) is 36.3 Å². The van der Waals surface area contributed by atoms with E-state index in [-0.39, 0.29) is 12.0 Å². The van der Waals surface area contributed by atoms with Gasteiger partial charge in [0.05, 0.1) is 13.0 Å². The van der Waals surface area contributed by atoms with E-state index < -0.39 is 0 Å². The van der Waals surface area contributed by atoms with Crippen LogP contribution < -0.4 is 4.74 Å². The fraction of sp³-hybridized carbons (Fsp3) is 0.471. The van der Waals surface area contributed by atoms with Gasteiger partial charge >= 0.3 is 6.01 Å². The topological polar surface area (TPSA) is 55.3 Å². The molecule has 3 rings (SSSR count). The number of hydrogen-bond acceptors (Lipinski definition) is 5. The standard InChI is InChI=1S/C17H21N3O2S/c1-2-13-10-18-17(19-11-13)22-14-5-3-7-20(12-14)16(21)9-15-6-4-8-23-15/h4,6,8,10-11,14H,2-3,5,7,9,12H2,1H3. The van der Waals surface area contributed by atoms with Gasteiger partial charge in [-0.25, -0.2) is 9.97 Å². The van der Waals surface area contributed by atoms with Crippen LogP contribution in [-0.4, -0.2) is 40.0 Å². The Bertz CT molecular complexity index is 628. The van der Waals surface area contributed by atoms with E-state index >= 15 is 0 Å². The maximum Gasteiger partial charge on any atom is 0.316 e. The van der Waals surface area contributed by atoms with E-state index in [4.69, 9.17) is 4.74 Å². The van der Waals surface area contributed by atoms with Gasteiger partial charge in [-0.15, -0.1) is 11.3 Å². The van der Waals surface area contributed by atoms with Crippen LogP contribution in [0.2, 0.25) is 0 Å². The number of thiophene rings is 1. The Morgan fingerprint density at radius 1 is 1.43 bits per heavy atom. The van der Waals surface area contributed by atoms with E-state index in [2.05, 4.69) is 16.9 Å². The smallest absolute Gasteiger partial charge is 0.316 e. The molecule has 2 aromatic rings. The van der Waals surface area contributed by atoms with Gasteiger partial charge in [-0.3, -0.25) is 4.79 Å². The van der Waals surface area contributed by atoms with Crippen molar-refractivity contribution in [3.63, 3.8) is 0 Å². The number of likely N-dealkylation sites (tertiary alicyclic amines) is 1. The quantitative estimate of drug-likeness (QED) is 0.845. The fourth-order valence-electron chi connectivity index (χ4n) is 2.67.